The minimum Gasteiger partial charge on any atom is -0.497 e. The lowest BCUT2D eigenvalue weighted by molar-refractivity contribution is 0.195. The maximum atomic E-state index is 10.0. The molecule has 2 rings (SSSR count). The molecule has 1 unspecified atom stereocenters. The van der Waals surface area contributed by atoms with Crippen molar-refractivity contribution >= 4 is 23.4 Å². The fourth-order valence-electron chi connectivity index (χ4n) is 1.91. The number of aliphatic hydroxyl groups excluding tert-OH is 1. The van der Waals surface area contributed by atoms with E-state index in [1.54, 1.807) is 18.9 Å². The number of methoxy groups -OCH3 is 1. The average molecular weight is 338 g/mol. The van der Waals surface area contributed by atoms with Crippen LogP contribution in [0.1, 0.15) is 5.56 Å². The number of halogens is 1. The third kappa shape index (κ3) is 5.89. The van der Waals surface area contributed by atoms with E-state index in [2.05, 4.69) is 5.32 Å². The van der Waals surface area contributed by atoms with Crippen LogP contribution < -0.4 is 10.1 Å². The highest BCUT2D eigenvalue weighted by Crippen LogP contribution is 2.21. The molecule has 0 spiro atoms. The van der Waals surface area contributed by atoms with Crippen LogP contribution in [0.25, 0.3) is 0 Å². The van der Waals surface area contributed by atoms with Gasteiger partial charge < -0.3 is 15.2 Å². The quantitative estimate of drug-likeness (QED) is 0.722. The van der Waals surface area contributed by atoms with E-state index in [0.29, 0.717) is 12.3 Å². The van der Waals surface area contributed by atoms with Crippen molar-refractivity contribution in [1.29, 1.82) is 0 Å². The molecule has 0 aliphatic rings. The van der Waals surface area contributed by atoms with E-state index in [9.17, 15) is 5.11 Å². The highest BCUT2D eigenvalue weighted by Gasteiger charge is 2.05. The maximum absolute atomic E-state index is 10.0. The fraction of sp³-hybridized carbons (Fsp3) is 0.294. The van der Waals surface area contributed by atoms with Gasteiger partial charge in [-0.1, -0.05) is 23.7 Å². The van der Waals surface area contributed by atoms with Crippen LogP contribution in [0.5, 0.6) is 5.75 Å². The second kappa shape index (κ2) is 9.06. The molecule has 0 saturated heterocycles. The summed E-state index contributed by atoms with van der Waals surface area (Å²) in [7, 11) is 1.65. The van der Waals surface area contributed by atoms with E-state index in [0.717, 1.165) is 27.8 Å². The summed E-state index contributed by atoms with van der Waals surface area (Å²) in [6.45, 7) is 1.28. The largest absolute Gasteiger partial charge is 0.497 e. The molecule has 0 amide bonds. The van der Waals surface area contributed by atoms with Crippen LogP contribution in [-0.4, -0.2) is 30.6 Å². The Morgan fingerprint density at radius 3 is 2.45 bits per heavy atom. The molecule has 5 heteroatoms. The van der Waals surface area contributed by atoms with E-state index in [4.69, 9.17) is 16.3 Å². The predicted molar refractivity (Wildman–Crippen MR) is 92.9 cm³/mol. The molecule has 118 valence electrons. The first kappa shape index (κ1) is 17.2. The Labute approximate surface area is 140 Å². The van der Waals surface area contributed by atoms with Crippen molar-refractivity contribution in [2.75, 3.05) is 19.4 Å². The van der Waals surface area contributed by atoms with Gasteiger partial charge in [-0.25, -0.2) is 0 Å². The van der Waals surface area contributed by atoms with E-state index in [-0.39, 0.29) is 6.10 Å². The molecule has 0 saturated carbocycles. The van der Waals surface area contributed by atoms with Gasteiger partial charge in [-0.15, -0.1) is 11.8 Å². The zero-order chi connectivity index (χ0) is 15.8. The molecule has 2 aromatic carbocycles. The monoisotopic (exact) mass is 337 g/mol. The minimum atomic E-state index is -0.389. The van der Waals surface area contributed by atoms with Crippen LogP contribution in [0, 0.1) is 0 Å². The van der Waals surface area contributed by atoms with Crippen molar-refractivity contribution in [3.63, 3.8) is 0 Å². The highest BCUT2D eigenvalue weighted by atomic mass is 35.5. The molecule has 0 heterocycles. The molecule has 22 heavy (non-hydrogen) atoms. The van der Waals surface area contributed by atoms with Gasteiger partial charge in [-0.3, -0.25) is 0 Å². The first-order chi connectivity index (χ1) is 10.7. The van der Waals surface area contributed by atoms with Crippen LogP contribution in [-0.2, 0) is 6.54 Å². The van der Waals surface area contributed by atoms with Crippen molar-refractivity contribution < 1.29 is 9.84 Å². The van der Waals surface area contributed by atoms with Crippen molar-refractivity contribution in [2.45, 2.75) is 17.5 Å². The SMILES string of the molecule is COc1ccc(SCC(O)CNCc2ccc(Cl)cc2)cc1. The number of benzene rings is 2. The van der Waals surface area contributed by atoms with Gasteiger partial charge in [0.15, 0.2) is 0 Å². The number of nitrogens with one attached hydrogen (secondary N) is 1. The van der Waals surface area contributed by atoms with Crippen LogP contribution in [0.3, 0.4) is 0 Å². The third-order valence-electron chi connectivity index (χ3n) is 3.12. The summed E-state index contributed by atoms with van der Waals surface area (Å²) in [5, 5.41) is 14.0. The first-order valence-electron chi connectivity index (χ1n) is 7.07. The Balaban J connectivity index is 1.66. The van der Waals surface area contributed by atoms with Crippen molar-refractivity contribution in [3.8, 4) is 5.75 Å². The molecule has 2 aromatic rings. The second-order valence-electron chi connectivity index (χ2n) is 4.90. The topological polar surface area (TPSA) is 41.5 Å². The normalized spacial score (nSPS) is 12.1. The second-order valence-corrected chi connectivity index (χ2v) is 6.43. The van der Waals surface area contributed by atoms with Crippen molar-refractivity contribution in [1.82, 2.24) is 5.32 Å². The third-order valence-corrected chi connectivity index (χ3v) is 4.53. The van der Waals surface area contributed by atoms with Gasteiger partial charge in [0.2, 0.25) is 0 Å². The number of thioether (sulfide) groups is 1. The van der Waals surface area contributed by atoms with Gasteiger partial charge in [0.05, 0.1) is 13.2 Å². The Bertz CT molecular complexity index is 560. The lowest BCUT2D eigenvalue weighted by Gasteiger charge is -2.12. The van der Waals surface area contributed by atoms with Gasteiger partial charge in [-0.2, -0.15) is 0 Å². The molecular weight excluding hydrogens is 318 g/mol. The van der Waals surface area contributed by atoms with Crippen molar-refractivity contribution in [2.24, 2.45) is 0 Å². The Morgan fingerprint density at radius 2 is 1.82 bits per heavy atom. The van der Waals surface area contributed by atoms with Gasteiger partial charge in [0, 0.05) is 28.8 Å². The lowest BCUT2D eigenvalue weighted by Crippen LogP contribution is -2.28. The Hall–Kier alpha value is -1.20. The summed E-state index contributed by atoms with van der Waals surface area (Å²) in [5.74, 6) is 1.49. The van der Waals surface area contributed by atoms with Crippen LogP contribution >= 0.6 is 23.4 Å². The van der Waals surface area contributed by atoms with E-state index in [1.165, 1.54) is 0 Å². The molecule has 0 fully saturated rings. The highest BCUT2D eigenvalue weighted by molar-refractivity contribution is 7.99. The summed E-state index contributed by atoms with van der Waals surface area (Å²) in [6.07, 6.45) is -0.389. The first-order valence-corrected chi connectivity index (χ1v) is 8.44. The van der Waals surface area contributed by atoms with Crippen LogP contribution in [0.15, 0.2) is 53.4 Å². The molecule has 0 aliphatic carbocycles. The number of rotatable bonds is 8. The smallest absolute Gasteiger partial charge is 0.118 e. The summed E-state index contributed by atoms with van der Waals surface area (Å²) in [4.78, 5) is 1.12. The average Bonchev–Trinajstić information content (AvgIpc) is 2.55. The van der Waals surface area contributed by atoms with Gasteiger partial charge in [0.25, 0.3) is 0 Å². The van der Waals surface area contributed by atoms with Crippen LogP contribution in [0.4, 0.5) is 0 Å². The standard InChI is InChI=1S/C17H20ClNO2S/c1-21-16-6-8-17(9-7-16)22-12-15(20)11-19-10-13-2-4-14(18)5-3-13/h2-9,15,19-20H,10-12H2,1H3. The molecule has 0 aliphatic heterocycles. The molecule has 0 bridgehead atoms. The molecule has 0 aromatic heterocycles. The van der Waals surface area contributed by atoms with Gasteiger partial charge in [-0.05, 0) is 42.0 Å². The van der Waals surface area contributed by atoms with E-state index >= 15 is 0 Å². The van der Waals surface area contributed by atoms with E-state index in [1.807, 2.05) is 48.5 Å². The lowest BCUT2D eigenvalue weighted by atomic mass is 10.2. The number of hydrogen-bond donors (Lipinski definition) is 2. The van der Waals surface area contributed by atoms with E-state index < -0.39 is 0 Å². The maximum Gasteiger partial charge on any atom is 0.118 e. The number of aliphatic hydroxyl groups is 1. The summed E-state index contributed by atoms with van der Waals surface area (Å²) >= 11 is 7.48. The zero-order valence-corrected chi connectivity index (χ0v) is 14.0. The minimum absolute atomic E-state index is 0.389. The number of ether oxygens (including phenoxy) is 1. The van der Waals surface area contributed by atoms with Crippen LogP contribution in [0.2, 0.25) is 5.02 Å². The summed E-state index contributed by atoms with van der Waals surface area (Å²) in [5.41, 5.74) is 1.15. The molecule has 0 radical (unpaired) electrons. The summed E-state index contributed by atoms with van der Waals surface area (Å²) < 4.78 is 5.12. The molecule has 3 nitrogen and oxygen atoms in total. The molecule has 2 N–H and O–H groups in total. The van der Waals surface area contributed by atoms with Crippen molar-refractivity contribution in [3.05, 3.63) is 59.1 Å². The molecule has 1 atom stereocenters. The fourth-order valence-corrected chi connectivity index (χ4v) is 2.87. The van der Waals surface area contributed by atoms with Gasteiger partial charge >= 0.3 is 0 Å². The Kier molecular flexibility index (Phi) is 7.06. The zero-order valence-electron chi connectivity index (χ0n) is 12.5. The summed E-state index contributed by atoms with van der Waals surface area (Å²) in [6, 6.07) is 15.5. The Morgan fingerprint density at radius 1 is 1.14 bits per heavy atom. The molecular formula is C17H20ClNO2S. The predicted octanol–water partition coefficient (Wildman–Crippen LogP) is 3.59. The van der Waals surface area contributed by atoms with Gasteiger partial charge in [0.1, 0.15) is 5.75 Å². The number of hydrogen-bond acceptors (Lipinski definition) is 4.